The first-order valence-corrected chi connectivity index (χ1v) is 6.36. The second kappa shape index (κ2) is 5.31. The third-order valence-corrected chi connectivity index (χ3v) is 2.50. The molecule has 0 aliphatic rings. The first-order chi connectivity index (χ1) is 7.83. The Morgan fingerprint density at radius 1 is 1.59 bits per heavy atom. The molecule has 0 saturated heterocycles. The number of esters is 1. The fourth-order valence-electron chi connectivity index (χ4n) is 1.24. The number of thiazole rings is 1. The normalized spacial score (nSPS) is 12.6. The average Bonchev–Trinajstić information content (AvgIpc) is 2.58. The van der Waals surface area contributed by atoms with Crippen LogP contribution in [-0.2, 0) is 9.53 Å². The molecule has 1 aromatic rings. The highest BCUT2D eigenvalue weighted by Crippen LogP contribution is 2.23. The molecule has 17 heavy (non-hydrogen) atoms. The molecule has 0 unspecified atom stereocenters. The second-order valence-electron chi connectivity index (χ2n) is 4.60. The SMILES string of the molecule is CC/C=C(/C(=O)OC(C)(C)C)c1csc(N)n1. The summed E-state index contributed by atoms with van der Waals surface area (Å²) in [4.78, 5) is 16.1. The smallest absolute Gasteiger partial charge is 0.340 e. The summed E-state index contributed by atoms with van der Waals surface area (Å²) in [7, 11) is 0. The third kappa shape index (κ3) is 4.19. The molecule has 4 nitrogen and oxygen atoms in total. The third-order valence-electron chi connectivity index (χ3n) is 1.82. The highest BCUT2D eigenvalue weighted by Gasteiger charge is 2.22. The van der Waals surface area contributed by atoms with E-state index in [-0.39, 0.29) is 5.97 Å². The predicted octanol–water partition coefficient (Wildman–Crippen LogP) is 2.86. The Morgan fingerprint density at radius 3 is 2.65 bits per heavy atom. The molecular formula is C12H18N2O2S. The Kier molecular flexibility index (Phi) is 4.28. The number of nitrogens with zero attached hydrogens (tertiary/aromatic N) is 1. The molecule has 0 atom stereocenters. The van der Waals surface area contributed by atoms with Crippen molar-refractivity contribution in [3.8, 4) is 0 Å². The summed E-state index contributed by atoms with van der Waals surface area (Å²) in [6.45, 7) is 7.47. The van der Waals surface area contributed by atoms with Crippen LogP contribution in [0.5, 0.6) is 0 Å². The van der Waals surface area contributed by atoms with Crippen molar-refractivity contribution in [1.82, 2.24) is 4.98 Å². The number of rotatable bonds is 3. The number of hydrogen-bond acceptors (Lipinski definition) is 5. The summed E-state index contributed by atoms with van der Waals surface area (Å²) < 4.78 is 5.33. The molecule has 2 N–H and O–H groups in total. The molecule has 1 heterocycles. The Morgan fingerprint density at radius 2 is 2.24 bits per heavy atom. The molecule has 0 fully saturated rings. The van der Waals surface area contributed by atoms with Crippen LogP contribution in [-0.4, -0.2) is 16.6 Å². The molecular weight excluding hydrogens is 236 g/mol. The minimum atomic E-state index is -0.508. The molecule has 94 valence electrons. The van der Waals surface area contributed by atoms with E-state index in [4.69, 9.17) is 10.5 Å². The van der Waals surface area contributed by atoms with Crippen LogP contribution in [0, 0.1) is 0 Å². The number of allylic oxidation sites excluding steroid dienone is 1. The van der Waals surface area contributed by atoms with Gasteiger partial charge in [-0.1, -0.05) is 13.0 Å². The lowest BCUT2D eigenvalue weighted by Gasteiger charge is -2.20. The zero-order valence-electron chi connectivity index (χ0n) is 10.6. The summed E-state index contributed by atoms with van der Waals surface area (Å²) >= 11 is 1.31. The van der Waals surface area contributed by atoms with E-state index in [1.54, 1.807) is 5.38 Å². The van der Waals surface area contributed by atoms with Crippen LogP contribution in [0.4, 0.5) is 5.13 Å². The van der Waals surface area contributed by atoms with E-state index >= 15 is 0 Å². The zero-order chi connectivity index (χ0) is 13.1. The van der Waals surface area contributed by atoms with Gasteiger partial charge in [-0.25, -0.2) is 9.78 Å². The summed E-state index contributed by atoms with van der Waals surface area (Å²) in [5, 5.41) is 2.21. The molecule has 0 aliphatic heterocycles. The lowest BCUT2D eigenvalue weighted by atomic mass is 10.1. The summed E-state index contributed by atoms with van der Waals surface area (Å²) in [6.07, 6.45) is 2.55. The molecule has 1 rings (SSSR count). The Hall–Kier alpha value is -1.36. The topological polar surface area (TPSA) is 65.2 Å². The zero-order valence-corrected chi connectivity index (χ0v) is 11.4. The predicted molar refractivity (Wildman–Crippen MR) is 70.6 cm³/mol. The number of nitrogen functional groups attached to an aromatic ring is 1. The number of aromatic nitrogens is 1. The van der Waals surface area contributed by atoms with E-state index in [2.05, 4.69) is 4.98 Å². The maximum Gasteiger partial charge on any atom is 0.340 e. The highest BCUT2D eigenvalue weighted by atomic mass is 32.1. The van der Waals surface area contributed by atoms with Crippen LogP contribution >= 0.6 is 11.3 Å². The first-order valence-electron chi connectivity index (χ1n) is 5.48. The van der Waals surface area contributed by atoms with Crippen LogP contribution in [0.1, 0.15) is 39.8 Å². The first kappa shape index (κ1) is 13.7. The van der Waals surface area contributed by atoms with Gasteiger partial charge in [0.2, 0.25) is 0 Å². The molecule has 0 amide bonds. The number of carbonyl (C=O) groups is 1. The largest absolute Gasteiger partial charge is 0.456 e. The number of anilines is 1. The molecule has 0 aromatic carbocycles. The molecule has 0 saturated carbocycles. The van der Waals surface area contributed by atoms with Crippen molar-refractivity contribution in [2.24, 2.45) is 0 Å². The maximum atomic E-state index is 12.0. The summed E-state index contributed by atoms with van der Waals surface area (Å²) in [6, 6.07) is 0. The van der Waals surface area contributed by atoms with Crippen LogP contribution in [0.3, 0.4) is 0 Å². The van der Waals surface area contributed by atoms with E-state index in [0.717, 1.165) is 6.42 Å². The molecule has 0 spiro atoms. The van der Waals surface area contributed by atoms with Crippen LogP contribution < -0.4 is 5.73 Å². The van der Waals surface area contributed by atoms with Crippen molar-refractivity contribution in [2.45, 2.75) is 39.7 Å². The van der Waals surface area contributed by atoms with Gasteiger partial charge in [0, 0.05) is 5.38 Å². The minimum Gasteiger partial charge on any atom is -0.456 e. The lowest BCUT2D eigenvalue weighted by Crippen LogP contribution is -2.24. The van der Waals surface area contributed by atoms with Crippen LogP contribution in [0.25, 0.3) is 5.57 Å². The monoisotopic (exact) mass is 254 g/mol. The van der Waals surface area contributed by atoms with E-state index in [9.17, 15) is 4.79 Å². The number of hydrogen-bond donors (Lipinski definition) is 1. The summed E-state index contributed by atoms with van der Waals surface area (Å²) in [5.41, 5.74) is 6.13. The Bertz CT molecular complexity index is 430. The molecule has 1 aromatic heterocycles. The van der Waals surface area contributed by atoms with Crippen molar-refractivity contribution in [1.29, 1.82) is 0 Å². The van der Waals surface area contributed by atoms with Gasteiger partial charge in [-0.2, -0.15) is 0 Å². The van der Waals surface area contributed by atoms with Crippen LogP contribution in [0.2, 0.25) is 0 Å². The Balaban J connectivity index is 2.95. The lowest BCUT2D eigenvalue weighted by molar-refractivity contribution is -0.147. The quantitative estimate of drug-likeness (QED) is 0.665. The number of ether oxygens (including phenoxy) is 1. The molecule has 5 heteroatoms. The number of carbonyl (C=O) groups excluding carboxylic acids is 1. The van der Waals surface area contributed by atoms with Gasteiger partial charge in [-0.3, -0.25) is 0 Å². The fourth-order valence-corrected chi connectivity index (χ4v) is 1.80. The van der Waals surface area contributed by atoms with Gasteiger partial charge in [0.15, 0.2) is 5.13 Å². The van der Waals surface area contributed by atoms with Gasteiger partial charge >= 0.3 is 5.97 Å². The van der Waals surface area contributed by atoms with Crippen molar-refractivity contribution < 1.29 is 9.53 Å². The highest BCUT2D eigenvalue weighted by molar-refractivity contribution is 7.13. The fraction of sp³-hybridized carbons (Fsp3) is 0.500. The van der Waals surface area contributed by atoms with Gasteiger partial charge < -0.3 is 10.5 Å². The van der Waals surface area contributed by atoms with Crippen LogP contribution in [0.15, 0.2) is 11.5 Å². The molecule has 0 radical (unpaired) electrons. The van der Waals surface area contributed by atoms with Gasteiger partial charge in [0.1, 0.15) is 5.60 Å². The Labute approximate surface area is 106 Å². The van der Waals surface area contributed by atoms with Crippen molar-refractivity contribution in [3.05, 3.63) is 17.2 Å². The number of nitrogens with two attached hydrogens (primary N) is 1. The van der Waals surface area contributed by atoms with Crippen molar-refractivity contribution in [2.75, 3.05) is 5.73 Å². The van der Waals surface area contributed by atoms with Gasteiger partial charge in [-0.05, 0) is 27.2 Å². The summed E-state index contributed by atoms with van der Waals surface area (Å²) in [5.74, 6) is -0.357. The van der Waals surface area contributed by atoms with Crippen molar-refractivity contribution in [3.63, 3.8) is 0 Å². The maximum absolute atomic E-state index is 12.0. The average molecular weight is 254 g/mol. The van der Waals surface area contributed by atoms with E-state index in [0.29, 0.717) is 16.4 Å². The molecule has 0 bridgehead atoms. The second-order valence-corrected chi connectivity index (χ2v) is 5.49. The van der Waals surface area contributed by atoms with Gasteiger partial charge in [-0.15, -0.1) is 11.3 Å². The van der Waals surface area contributed by atoms with Crippen molar-refractivity contribution >= 4 is 28.0 Å². The van der Waals surface area contributed by atoms with E-state index in [1.807, 2.05) is 33.8 Å². The van der Waals surface area contributed by atoms with E-state index in [1.165, 1.54) is 11.3 Å². The molecule has 0 aliphatic carbocycles. The minimum absolute atomic E-state index is 0.357. The van der Waals surface area contributed by atoms with Gasteiger partial charge in [0.25, 0.3) is 0 Å². The standard InChI is InChI=1S/C12H18N2O2S/c1-5-6-8(9-7-17-11(13)14-9)10(15)16-12(2,3)4/h6-7H,5H2,1-4H3,(H2,13,14)/b8-6+. The van der Waals surface area contributed by atoms with E-state index < -0.39 is 5.60 Å². The van der Waals surface area contributed by atoms with Gasteiger partial charge in [0.05, 0.1) is 11.3 Å².